The minimum Gasteiger partial charge on any atom is -0.497 e. The van der Waals surface area contributed by atoms with Crippen molar-refractivity contribution >= 4 is 6.08 Å². The highest BCUT2D eigenvalue weighted by atomic mass is 16.5. The van der Waals surface area contributed by atoms with E-state index in [-0.39, 0.29) is 6.61 Å². The number of aliphatic hydroxyl groups excluding tert-OH is 1. The maximum absolute atomic E-state index is 9.40. The lowest BCUT2D eigenvalue weighted by molar-refractivity contribution is 0.0416. The van der Waals surface area contributed by atoms with E-state index in [4.69, 9.17) is 9.47 Å². The molecule has 2 heterocycles. The van der Waals surface area contributed by atoms with Crippen molar-refractivity contribution in [3.05, 3.63) is 29.3 Å². The van der Waals surface area contributed by atoms with E-state index in [1.54, 1.807) is 7.11 Å². The monoisotopic (exact) mass is 346 g/mol. The molecule has 25 heavy (non-hydrogen) atoms. The topological polar surface area (TPSA) is 45.2 Å². The normalized spacial score (nSPS) is 21.6. The van der Waals surface area contributed by atoms with E-state index in [1.807, 2.05) is 18.2 Å². The largest absolute Gasteiger partial charge is 0.497 e. The molecule has 1 aromatic carbocycles. The quantitative estimate of drug-likeness (QED) is 0.856. The molecule has 2 aliphatic heterocycles. The molecular weight excluding hydrogens is 316 g/mol. The summed E-state index contributed by atoms with van der Waals surface area (Å²) in [4.78, 5) is 5.00. The lowest BCUT2D eigenvalue weighted by Crippen LogP contribution is -2.56. The van der Waals surface area contributed by atoms with Crippen molar-refractivity contribution in [1.29, 1.82) is 0 Å². The molecule has 0 aliphatic carbocycles. The van der Waals surface area contributed by atoms with Crippen molar-refractivity contribution in [3.63, 3.8) is 0 Å². The van der Waals surface area contributed by atoms with Gasteiger partial charge in [-0.3, -0.25) is 9.80 Å². The van der Waals surface area contributed by atoms with Crippen molar-refractivity contribution in [1.82, 2.24) is 9.80 Å². The van der Waals surface area contributed by atoms with E-state index >= 15 is 0 Å². The van der Waals surface area contributed by atoms with Crippen LogP contribution in [0.25, 0.3) is 6.08 Å². The first kappa shape index (κ1) is 18.2. The molecule has 1 N–H and O–H groups in total. The molecular formula is C20H30N2O3. The summed E-state index contributed by atoms with van der Waals surface area (Å²) in [6.07, 6.45) is 3.07. The predicted molar refractivity (Wildman–Crippen MR) is 100 cm³/mol. The van der Waals surface area contributed by atoms with Gasteiger partial charge in [0.15, 0.2) is 0 Å². The van der Waals surface area contributed by atoms with Crippen LogP contribution in [0.5, 0.6) is 11.5 Å². The van der Waals surface area contributed by atoms with Gasteiger partial charge in [0.05, 0.1) is 7.11 Å². The Morgan fingerprint density at radius 2 is 2.16 bits per heavy atom. The predicted octanol–water partition coefficient (Wildman–Crippen LogP) is 2.25. The van der Waals surface area contributed by atoms with Gasteiger partial charge in [-0.05, 0) is 50.1 Å². The fourth-order valence-corrected chi connectivity index (χ4v) is 3.87. The maximum atomic E-state index is 9.40. The van der Waals surface area contributed by atoms with Gasteiger partial charge < -0.3 is 14.6 Å². The summed E-state index contributed by atoms with van der Waals surface area (Å²) in [5.74, 6) is 1.78. The summed E-state index contributed by atoms with van der Waals surface area (Å²) < 4.78 is 11.2. The van der Waals surface area contributed by atoms with Crippen molar-refractivity contribution < 1.29 is 14.6 Å². The summed E-state index contributed by atoms with van der Waals surface area (Å²) in [6, 6.07) is 6.88. The number of hydrogen-bond donors (Lipinski definition) is 1. The van der Waals surface area contributed by atoms with E-state index in [0.717, 1.165) is 49.7 Å². The van der Waals surface area contributed by atoms with Crippen LogP contribution in [-0.4, -0.2) is 73.5 Å². The van der Waals surface area contributed by atoms with Crippen LogP contribution in [0.15, 0.2) is 23.8 Å². The number of ether oxygens (including phenoxy) is 2. The first-order valence-corrected chi connectivity index (χ1v) is 9.20. The second-order valence-electron chi connectivity index (χ2n) is 7.23. The number of piperazine rings is 1. The Kier molecular flexibility index (Phi) is 5.99. The third kappa shape index (κ3) is 4.35. The van der Waals surface area contributed by atoms with Crippen LogP contribution in [0.4, 0.5) is 0 Å². The van der Waals surface area contributed by atoms with Gasteiger partial charge in [0.1, 0.15) is 18.1 Å². The highest BCUT2D eigenvalue weighted by molar-refractivity contribution is 5.64. The zero-order valence-electron chi connectivity index (χ0n) is 15.6. The molecule has 2 aliphatic rings. The lowest BCUT2D eigenvalue weighted by Gasteiger charge is -2.44. The Bertz CT molecular complexity index is 615. The molecule has 0 spiro atoms. The zero-order chi connectivity index (χ0) is 17.8. The van der Waals surface area contributed by atoms with Crippen LogP contribution in [0.2, 0.25) is 0 Å². The molecule has 0 amide bonds. The van der Waals surface area contributed by atoms with Crippen LogP contribution in [-0.2, 0) is 0 Å². The van der Waals surface area contributed by atoms with Crippen LogP contribution in [0.3, 0.4) is 0 Å². The molecule has 3 rings (SSSR count). The maximum Gasteiger partial charge on any atom is 0.127 e. The second kappa shape index (κ2) is 8.21. The van der Waals surface area contributed by atoms with Gasteiger partial charge in [0.2, 0.25) is 0 Å². The standard InChI is InChI=1S/C20H30N2O3/c1-15(2)22-8-7-21(13-18(22)6-9-23)12-16-10-17-11-19(24-3)4-5-20(17)25-14-16/h4-5,10-11,15,18,23H,6-9,12-14H2,1-3H3/t18-/m0/s1. The Morgan fingerprint density at radius 1 is 1.32 bits per heavy atom. The minimum absolute atomic E-state index is 0.251. The molecule has 1 atom stereocenters. The van der Waals surface area contributed by atoms with E-state index in [0.29, 0.717) is 18.7 Å². The SMILES string of the molecule is COc1ccc2c(c1)C=C(CN1CCN(C(C)C)[C@@H](CCO)C1)CO2. The van der Waals surface area contributed by atoms with Crippen LogP contribution in [0, 0.1) is 0 Å². The smallest absolute Gasteiger partial charge is 0.127 e. The van der Waals surface area contributed by atoms with Crippen molar-refractivity contribution in [2.24, 2.45) is 0 Å². The van der Waals surface area contributed by atoms with E-state index in [1.165, 1.54) is 5.57 Å². The number of aliphatic hydroxyl groups is 1. The first-order valence-electron chi connectivity index (χ1n) is 9.20. The molecule has 5 heteroatoms. The number of nitrogens with zero attached hydrogens (tertiary/aromatic N) is 2. The molecule has 0 bridgehead atoms. The number of benzene rings is 1. The molecule has 5 nitrogen and oxygen atoms in total. The van der Waals surface area contributed by atoms with E-state index in [9.17, 15) is 5.11 Å². The Balaban J connectivity index is 1.67. The van der Waals surface area contributed by atoms with Crippen LogP contribution < -0.4 is 9.47 Å². The van der Waals surface area contributed by atoms with Crippen molar-refractivity contribution in [3.8, 4) is 11.5 Å². The van der Waals surface area contributed by atoms with Crippen molar-refractivity contribution in [2.75, 3.05) is 46.5 Å². The average Bonchev–Trinajstić information content (AvgIpc) is 2.61. The molecule has 1 fully saturated rings. The second-order valence-corrected chi connectivity index (χ2v) is 7.23. The van der Waals surface area contributed by atoms with E-state index < -0.39 is 0 Å². The first-order chi connectivity index (χ1) is 12.1. The highest BCUT2D eigenvalue weighted by Gasteiger charge is 2.28. The third-order valence-electron chi connectivity index (χ3n) is 5.15. The molecule has 1 saturated heterocycles. The van der Waals surface area contributed by atoms with Gasteiger partial charge in [-0.2, -0.15) is 0 Å². The molecule has 0 unspecified atom stereocenters. The number of rotatable bonds is 6. The van der Waals surface area contributed by atoms with Gasteiger partial charge in [-0.1, -0.05) is 0 Å². The molecule has 138 valence electrons. The Hall–Kier alpha value is -1.56. The molecule has 1 aromatic rings. The van der Waals surface area contributed by atoms with E-state index in [2.05, 4.69) is 29.7 Å². The number of fused-ring (bicyclic) bond motifs is 1. The summed E-state index contributed by atoms with van der Waals surface area (Å²) in [7, 11) is 1.69. The highest BCUT2D eigenvalue weighted by Crippen LogP contribution is 2.30. The summed E-state index contributed by atoms with van der Waals surface area (Å²) in [6.45, 7) is 9.41. The Labute approximate surface area is 150 Å². The number of hydrogen-bond acceptors (Lipinski definition) is 5. The summed E-state index contributed by atoms with van der Waals surface area (Å²) in [5, 5.41) is 9.40. The summed E-state index contributed by atoms with van der Waals surface area (Å²) >= 11 is 0. The van der Waals surface area contributed by atoms with Gasteiger partial charge >= 0.3 is 0 Å². The molecule has 0 aromatic heterocycles. The molecule has 0 radical (unpaired) electrons. The van der Waals surface area contributed by atoms with Gasteiger partial charge in [0.25, 0.3) is 0 Å². The Morgan fingerprint density at radius 3 is 2.88 bits per heavy atom. The van der Waals surface area contributed by atoms with Crippen molar-refractivity contribution in [2.45, 2.75) is 32.4 Å². The van der Waals surface area contributed by atoms with Crippen LogP contribution in [0.1, 0.15) is 25.8 Å². The fourth-order valence-electron chi connectivity index (χ4n) is 3.87. The average molecular weight is 346 g/mol. The zero-order valence-corrected chi connectivity index (χ0v) is 15.6. The van der Waals surface area contributed by atoms with Gasteiger partial charge in [-0.15, -0.1) is 0 Å². The lowest BCUT2D eigenvalue weighted by atomic mass is 10.0. The third-order valence-corrected chi connectivity index (χ3v) is 5.15. The fraction of sp³-hybridized carbons (Fsp3) is 0.600. The van der Waals surface area contributed by atoms with Gasteiger partial charge in [-0.25, -0.2) is 0 Å². The van der Waals surface area contributed by atoms with Gasteiger partial charge in [0, 0.05) is 50.4 Å². The van der Waals surface area contributed by atoms with Crippen LogP contribution >= 0.6 is 0 Å². The minimum atomic E-state index is 0.251. The molecule has 0 saturated carbocycles. The number of methoxy groups -OCH3 is 1. The summed E-state index contributed by atoms with van der Waals surface area (Å²) in [5.41, 5.74) is 2.38.